The lowest BCUT2D eigenvalue weighted by Crippen LogP contribution is -2.36. The Bertz CT molecular complexity index is 565. The molecule has 2 aromatic carbocycles. The van der Waals surface area contributed by atoms with Crippen LogP contribution in [-0.2, 0) is 6.42 Å². The number of aliphatic hydroxyl groups excluding tert-OH is 1. The molecule has 0 amide bonds. The third-order valence-electron chi connectivity index (χ3n) is 3.92. The van der Waals surface area contributed by atoms with Crippen molar-refractivity contribution < 1.29 is 5.11 Å². The van der Waals surface area contributed by atoms with Gasteiger partial charge >= 0.3 is 0 Å². The summed E-state index contributed by atoms with van der Waals surface area (Å²) in [6.07, 6.45) is 0.840. The topological polar surface area (TPSA) is 32.3 Å². The van der Waals surface area contributed by atoms with Crippen molar-refractivity contribution in [2.45, 2.75) is 39.3 Å². The van der Waals surface area contributed by atoms with Gasteiger partial charge in [0.1, 0.15) is 0 Å². The lowest BCUT2D eigenvalue weighted by atomic mass is 9.98. The second-order valence-corrected chi connectivity index (χ2v) is 5.82. The smallest absolute Gasteiger partial charge is 0.0588 e. The van der Waals surface area contributed by atoms with Crippen LogP contribution < -0.4 is 5.32 Å². The quantitative estimate of drug-likeness (QED) is 0.849. The maximum atomic E-state index is 9.63. The first kappa shape index (κ1) is 15.7. The van der Waals surface area contributed by atoms with Gasteiger partial charge < -0.3 is 10.4 Å². The summed E-state index contributed by atoms with van der Waals surface area (Å²) in [4.78, 5) is 0. The number of rotatable bonds is 6. The van der Waals surface area contributed by atoms with Crippen LogP contribution in [0, 0.1) is 13.8 Å². The lowest BCUT2D eigenvalue weighted by molar-refractivity contribution is 0.232. The van der Waals surface area contributed by atoms with Gasteiger partial charge in [0.15, 0.2) is 0 Å². The van der Waals surface area contributed by atoms with Crippen molar-refractivity contribution >= 4 is 0 Å². The summed E-state index contributed by atoms with van der Waals surface area (Å²) in [6, 6.07) is 17.1. The highest BCUT2D eigenvalue weighted by Crippen LogP contribution is 2.19. The van der Waals surface area contributed by atoms with Gasteiger partial charge in [-0.3, -0.25) is 0 Å². The van der Waals surface area contributed by atoms with Crippen LogP contribution >= 0.6 is 0 Å². The predicted molar refractivity (Wildman–Crippen MR) is 88.5 cm³/mol. The first-order chi connectivity index (χ1) is 10.1. The zero-order valence-corrected chi connectivity index (χ0v) is 13.1. The summed E-state index contributed by atoms with van der Waals surface area (Å²) >= 11 is 0. The molecule has 112 valence electrons. The minimum absolute atomic E-state index is 0.0723. The van der Waals surface area contributed by atoms with E-state index >= 15 is 0 Å². The molecule has 2 heteroatoms. The Labute approximate surface area is 127 Å². The van der Waals surface area contributed by atoms with Crippen molar-refractivity contribution in [2.75, 3.05) is 6.61 Å². The van der Waals surface area contributed by atoms with E-state index in [1.807, 2.05) is 18.2 Å². The van der Waals surface area contributed by atoms with E-state index < -0.39 is 0 Å². The van der Waals surface area contributed by atoms with Gasteiger partial charge in [0.2, 0.25) is 0 Å². The van der Waals surface area contributed by atoms with Crippen molar-refractivity contribution in [3.8, 4) is 0 Å². The molecule has 0 radical (unpaired) electrons. The van der Waals surface area contributed by atoms with Gasteiger partial charge in [-0.2, -0.15) is 0 Å². The molecule has 0 fully saturated rings. The Kier molecular flexibility index (Phi) is 5.54. The number of benzene rings is 2. The molecule has 0 saturated carbocycles. The van der Waals surface area contributed by atoms with Crippen molar-refractivity contribution in [2.24, 2.45) is 0 Å². The Morgan fingerprint density at radius 1 is 1.05 bits per heavy atom. The number of hydrogen-bond donors (Lipinski definition) is 2. The van der Waals surface area contributed by atoms with Gasteiger partial charge in [0.25, 0.3) is 0 Å². The number of aryl methyl sites for hydroxylation is 2. The van der Waals surface area contributed by atoms with E-state index in [1.54, 1.807) is 0 Å². The highest BCUT2D eigenvalue weighted by molar-refractivity contribution is 5.32. The van der Waals surface area contributed by atoms with Crippen molar-refractivity contribution in [1.82, 2.24) is 5.32 Å². The van der Waals surface area contributed by atoms with E-state index in [9.17, 15) is 5.11 Å². The molecule has 2 rings (SSSR count). The summed E-state index contributed by atoms with van der Waals surface area (Å²) in [7, 11) is 0. The van der Waals surface area contributed by atoms with Crippen LogP contribution in [0.15, 0.2) is 48.5 Å². The third-order valence-corrected chi connectivity index (χ3v) is 3.92. The molecule has 2 nitrogen and oxygen atoms in total. The van der Waals surface area contributed by atoms with Crippen LogP contribution in [0.2, 0.25) is 0 Å². The van der Waals surface area contributed by atoms with Crippen LogP contribution in [0.3, 0.4) is 0 Å². The van der Waals surface area contributed by atoms with E-state index in [2.05, 4.69) is 56.4 Å². The largest absolute Gasteiger partial charge is 0.395 e. The van der Waals surface area contributed by atoms with Crippen LogP contribution in [0.4, 0.5) is 0 Å². The first-order valence-corrected chi connectivity index (χ1v) is 7.58. The average Bonchev–Trinajstić information content (AvgIpc) is 2.47. The zero-order chi connectivity index (χ0) is 15.2. The van der Waals surface area contributed by atoms with Gasteiger partial charge in [-0.15, -0.1) is 0 Å². The van der Waals surface area contributed by atoms with E-state index in [4.69, 9.17) is 0 Å². The number of aliphatic hydroxyl groups is 1. The standard InChI is InChI=1S/C19H25NO/c1-14-9-10-19(15(2)11-14)16(3)20-18(13-21)12-17-7-5-4-6-8-17/h4-11,16,18,20-21H,12-13H2,1-3H3/t16?,18-/m1/s1. The molecular formula is C19H25NO. The van der Waals surface area contributed by atoms with E-state index in [1.165, 1.54) is 22.3 Å². The van der Waals surface area contributed by atoms with E-state index in [-0.39, 0.29) is 18.7 Å². The van der Waals surface area contributed by atoms with Gasteiger partial charge in [0, 0.05) is 12.1 Å². The van der Waals surface area contributed by atoms with Crippen molar-refractivity contribution in [1.29, 1.82) is 0 Å². The van der Waals surface area contributed by atoms with Crippen LogP contribution in [0.5, 0.6) is 0 Å². The molecule has 0 saturated heterocycles. The maximum Gasteiger partial charge on any atom is 0.0588 e. The highest BCUT2D eigenvalue weighted by Gasteiger charge is 2.14. The summed E-state index contributed by atoms with van der Waals surface area (Å²) in [5.41, 5.74) is 5.13. The van der Waals surface area contributed by atoms with Gasteiger partial charge in [0.05, 0.1) is 6.61 Å². The molecule has 21 heavy (non-hydrogen) atoms. The second-order valence-electron chi connectivity index (χ2n) is 5.82. The summed E-state index contributed by atoms with van der Waals surface area (Å²) in [5.74, 6) is 0. The molecular weight excluding hydrogens is 258 g/mol. The molecule has 2 aromatic rings. The number of hydrogen-bond acceptors (Lipinski definition) is 2. The Morgan fingerprint density at radius 2 is 1.76 bits per heavy atom. The molecule has 0 aliphatic carbocycles. The third kappa shape index (κ3) is 4.42. The van der Waals surface area contributed by atoms with E-state index in [0.717, 1.165) is 6.42 Å². The normalized spacial score (nSPS) is 13.9. The van der Waals surface area contributed by atoms with Crippen LogP contribution in [0.25, 0.3) is 0 Å². The van der Waals surface area contributed by atoms with Crippen molar-refractivity contribution in [3.63, 3.8) is 0 Å². The molecule has 2 N–H and O–H groups in total. The minimum Gasteiger partial charge on any atom is -0.395 e. The summed E-state index contributed by atoms with van der Waals surface area (Å²) < 4.78 is 0. The number of nitrogens with one attached hydrogen (secondary N) is 1. The van der Waals surface area contributed by atoms with Gasteiger partial charge in [-0.25, -0.2) is 0 Å². The summed E-state index contributed by atoms with van der Waals surface area (Å²) in [5, 5.41) is 13.2. The highest BCUT2D eigenvalue weighted by atomic mass is 16.3. The fraction of sp³-hybridized carbons (Fsp3) is 0.368. The molecule has 2 atom stereocenters. The fourth-order valence-electron chi connectivity index (χ4n) is 2.83. The van der Waals surface area contributed by atoms with Gasteiger partial charge in [-0.05, 0) is 43.9 Å². The predicted octanol–water partition coefficient (Wildman–Crippen LogP) is 3.56. The summed E-state index contributed by atoms with van der Waals surface area (Å²) in [6.45, 7) is 6.56. The SMILES string of the molecule is Cc1ccc(C(C)N[C@@H](CO)Cc2ccccc2)c(C)c1. The fourth-order valence-corrected chi connectivity index (χ4v) is 2.83. The Balaban J connectivity index is 2.04. The monoisotopic (exact) mass is 283 g/mol. The molecule has 0 aliphatic heterocycles. The minimum atomic E-state index is 0.0723. The van der Waals surface area contributed by atoms with Crippen molar-refractivity contribution in [3.05, 3.63) is 70.8 Å². The Hall–Kier alpha value is -1.64. The van der Waals surface area contributed by atoms with Crippen LogP contribution in [0.1, 0.15) is 35.2 Å². The molecule has 0 spiro atoms. The lowest BCUT2D eigenvalue weighted by Gasteiger charge is -2.23. The van der Waals surface area contributed by atoms with Gasteiger partial charge in [-0.1, -0.05) is 54.1 Å². The van der Waals surface area contributed by atoms with E-state index in [0.29, 0.717) is 0 Å². The molecule has 0 heterocycles. The molecule has 0 aromatic heterocycles. The molecule has 1 unspecified atom stereocenters. The second kappa shape index (κ2) is 7.39. The average molecular weight is 283 g/mol. The van der Waals surface area contributed by atoms with Crippen LogP contribution in [-0.4, -0.2) is 17.8 Å². The zero-order valence-electron chi connectivity index (χ0n) is 13.1. The molecule has 0 bridgehead atoms. The first-order valence-electron chi connectivity index (χ1n) is 7.58. The maximum absolute atomic E-state index is 9.63. The Morgan fingerprint density at radius 3 is 2.38 bits per heavy atom. The molecule has 0 aliphatic rings.